The van der Waals surface area contributed by atoms with Crippen molar-refractivity contribution in [3.8, 4) is 0 Å². The number of nitrogens with zero attached hydrogens (tertiary/aromatic N) is 5. The molecular formula is C54H64Cl6F4N6O4. The summed E-state index contributed by atoms with van der Waals surface area (Å²) in [5.41, 5.74) is -0.655. The van der Waals surface area contributed by atoms with Gasteiger partial charge in [0.15, 0.2) is 0 Å². The molecule has 2 unspecified atom stereocenters. The van der Waals surface area contributed by atoms with Gasteiger partial charge in [0.25, 0.3) is 0 Å². The summed E-state index contributed by atoms with van der Waals surface area (Å²) in [4.78, 5) is 60.8. The zero-order valence-electron chi connectivity index (χ0n) is 42.6. The summed E-state index contributed by atoms with van der Waals surface area (Å²) in [6, 6.07) is 18.8. The van der Waals surface area contributed by atoms with Gasteiger partial charge in [-0.15, -0.1) is 0 Å². The summed E-state index contributed by atoms with van der Waals surface area (Å²) in [6.45, 7) is 11.8. The van der Waals surface area contributed by atoms with Gasteiger partial charge in [-0.1, -0.05) is 93.9 Å². The molecule has 10 nitrogen and oxygen atoms in total. The van der Waals surface area contributed by atoms with Gasteiger partial charge in [-0.2, -0.15) is 13.2 Å². The number of carbonyl (C=O) groups is 4. The number of hydrogen-bond donors (Lipinski definition) is 1. The Hall–Kier alpha value is -3.86. The molecule has 0 radical (unpaired) electrons. The Morgan fingerprint density at radius 3 is 1.43 bits per heavy atom. The van der Waals surface area contributed by atoms with E-state index < -0.39 is 28.4 Å². The lowest BCUT2D eigenvalue weighted by molar-refractivity contribution is -0.140. The van der Waals surface area contributed by atoms with Gasteiger partial charge >= 0.3 is 6.18 Å². The van der Waals surface area contributed by atoms with Crippen LogP contribution in [0.2, 0.25) is 30.1 Å². The van der Waals surface area contributed by atoms with Crippen molar-refractivity contribution in [2.75, 3.05) is 60.4 Å². The Morgan fingerprint density at radius 2 is 1.01 bits per heavy atom. The molecule has 74 heavy (non-hydrogen) atoms. The number of benzene rings is 4. The van der Waals surface area contributed by atoms with Crippen LogP contribution < -0.4 is 5.32 Å². The summed E-state index contributed by atoms with van der Waals surface area (Å²) in [5.74, 6) is -1.66. The second kappa shape index (κ2) is 26.5. The molecule has 0 saturated carbocycles. The predicted octanol–water partition coefficient (Wildman–Crippen LogP) is 12.6. The van der Waals surface area contributed by atoms with E-state index in [4.69, 9.17) is 69.6 Å². The van der Waals surface area contributed by atoms with Crippen LogP contribution >= 0.6 is 69.6 Å². The van der Waals surface area contributed by atoms with Gasteiger partial charge in [0.1, 0.15) is 5.82 Å². The van der Waals surface area contributed by atoms with Crippen molar-refractivity contribution in [2.24, 2.45) is 0 Å². The van der Waals surface area contributed by atoms with Gasteiger partial charge in [-0.05, 0) is 136 Å². The summed E-state index contributed by atoms with van der Waals surface area (Å²) >= 11 is 37.1. The maximum atomic E-state index is 14.0. The van der Waals surface area contributed by atoms with Gasteiger partial charge in [0.05, 0.1) is 46.5 Å². The van der Waals surface area contributed by atoms with Crippen molar-refractivity contribution in [3.63, 3.8) is 0 Å². The number of carbonyl (C=O) groups excluding carboxylic acids is 4. The van der Waals surface area contributed by atoms with Crippen molar-refractivity contribution in [1.82, 2.24) is 29.8 Å². The zero-order chi connectivity index (χ0) is 54.9. The lowest BCUT2D eigenvalue weighted by atomic mass is 9.77. The number of alkyl halides is 3. The smallest absolute Gasteiger partial charge is 0.351 e. The molecule has 2 aliphatic heterocycles. The molecule has 404 valence electrons. The molecule has 20 heteroatoms. The summed E-state index contributed by atoms with van der Waals surface area (Å²) < 4.78 is 52.7. The van der Waals surface area contributed by atoms with Crippen LogP contribution in [-0.4, -0.2) is 121 Å². The van der Waals surface area contributed by atoms with Crippen LogP contribution in [0.15, 0.2) is 72.8 Å². The van der Waals surface area contributed by atoms with Crippen molar-refractivity contribution < 1.29 is 36.7 Å². The molecule has 4 aromatic rings. The van der Waals surface area contributed by atoms with E-state index in [0.717, 1.165) is 81.7 Å². The SMILES string of the molecule is CC(=O)N(C)C1CCN(CCC(C)(C(=O)N(C)Cc2ccc(Cl)c(Cl)c2)c2ccc(Cl)c(Cl)c2)CC1.CC(=O)N(C)C1CCN(CCC(C)(C(=O)NCc2ccc(C(F)(F)F)c(F)c2)c2ccc(Cl)c(Cl)c2)CC1. The highest BCUT2D eigenvalue weighted by atomic mass is 35.5. The molecule has 2 fully saturated rings. The average Bonchev–Trinajstić information content (AvgIpc) is 3.36. The lowest BCUT2D eigenvalue weighted by Gasteiger charge is -2.39. The fourth-order valence-electron chi connectivity index (χ4n) is 9.46. The van der Waals surface area contributed by atoms with Crippen LogP contribution in [0.4, 0.5) is 17.6 Å². The Balaban J connectivity index is 0.000000274. The predicted molar refractivity (Wildman–Crippen MR) is 289 cm³/mol. The fraction of sp³-hybridized carbons (Fsp3) is 0.481. The van der Waals surface area contributed by atoms with Crippen LogP contribution in [0.3, 0.4) is 0 Å². The van der Waals surface area contributed by atoms with Crippen molar-refractivity contribution in [2.45, 2.75) is 108 Å². The first-order valence-corrected chi connectivity index (χ1v) is 26.6. The minimum Gasteiger partial charge on any atom is -0.351 e. The van der Waals surface area contributed by atoms with Crippen LogP contribution in [0.5, 0.6) is 0 Å². The summed E-state index contributed by atoms with van der Waals surface area (Å²) in [7, 11) is 5.47. The molecule has 2 saturated heterocycles. The number of halogens is 10. The Labute approximate surface area is 462 Å². The van der Waals surface area contributed by atoms with E-state index in [1.807, 2.05) is 31.0 Å². The first-order valence-electron chi connectivity index (χ1n) is 24.3. The van der Waals surface area contributed by atoms with Crippen molar-refractivity contribution in [1.29, 1.82) is 0 Å². The number of amides is 4. The van der Waals surface area contributed by atoms with Gasteiger partial charge in [0.2, 0.25) is 23.6 Å². The minimum absolute atomic E-state index is 0.0156. The van der Waals surface area contributed by atoms with Gasteiger partial charge in [0, 0.05) is 86.3 Å². The highest BCUT2D eigenvalue weighted by Gasteiger charge is 2.40. The third-order valence-corrected chi connectivity index (χ3v) is 16.9. The van der Waals surface area contributed by atoms with Crippen molar-refractivity contribution >= 4 is 93.2 Å². The molecule has 4 amide bonds. The van der Waals surface area contributed by atoms with Crippen molar-refractivity contribution in [3.05, 3.63) is 137 Å². The number of likely N-dealkylation sites (N-methyl/N-ethyl adjacent to an activating group) is 1. The molecule has 0 spiro atoms. The number of nitrogens with one attached hydrogen (secondary N) is 1. The van der Waals surface area contributed by atoms with Gasteiger partial charge < -0.3 is 29.8 Å². The highest BCUT2D eigenvalue weighted by molar-refractivity contribution is 6.43. The van der Waals surface area contributed by atoms with Gasteiger partial charge in [-0.25, -0.2) is 4.39 Å². The normalized spacial score (nSPS) is 16.6. The highest BCUT2D eigenvalue weighted by Crippen LogP contribution is 2.37. The van der Waals surface area contributed by atoms with E-state index in [2.05, 4.69) is 15.1 Å². The van der Waals surface area contributed by atoms with Crippen LogP contribution in [0.25, 0.3) is 0 Å². The average molecular weight is 1150 g/mol. The Morgan fingerprint density at radius 1 is 0.595 bits per heavy atom. The quantitative estimate of drug-likeness (QED) is 0.112. The van der Waals surface area contributed by atoms with Gasteiger partial charge in [-0.3, -0.25) is 19.2 Å². The maximum absolute atomic E-state index is 14.0. The Bertz CT molecular complexity index is 2630. The van der Waals surface area contributed by atoms with E-state index >= 15 is 0 Å². The van der Waals surface area contributed by atoms with E-state index in [9.17, 15) is 36.7 Å². The van der Waals surface area contributed by atoms with E-state index in [-0.39, 0.29) is 47.8 Å². The molecule has 0 aliphatic carbocycles. The largest absolute Gasteiger partial charge is 0.419 e. The first-order chi connectivity index (χ1) is 34.6. The monoisotopic (exact) mass is 1150 g/mol. The maximum Gasteiger partial charge on any atom is 0.419 e. The zero-order valence-corrected chi connectivity index (χ0v) is 47.2. The van der Waals surface area contributed by atoms with Crippen LogP contribution in [0, 0.1) is 5.82 Å². The topological polar surface area (TPSA) is 96.5 Å². The third-order valence-electron chi connectivity index (χ3n) is 14.7. The van der Waals surface area contributed by atoms with E-state index in [0.29, 0.717) is 67.7 Å². The first kappa shape index (κ1) is 61.0. The van der Waals surface area contributed by atoms with Crippen LogP contribution in [-0.2, 0) is 49.3 Å². The molecule has 2 atom stereocenters. The van der Waals surface area contributed by atoms with Crippen LogP contribution in [0.1, 0.15) is 94.0 Å². The number of rotatable bonds is 16. The molecule has 6 rings (SSSR count). The number of likely N-dealkylation sites (tertiary alicyclic amines) is 2. The molecule has 2 heterocycles. The minimum atomic E-state index is -4.80. The third kappa shape index (κ3) is 15.9. The molecular weight excluding hydrogens is 1090 g/mol. The molecule has 0 aromatic heterocycles. The number of hydrogen-bond acceptors (Lipinski definition) is 6. The van der Waals surface area contributed by atoms with E-state index in [1.54, 1.807) is 87.1 Å². The fourth-order valence-corrected chi connectivity index (χ4v) is 10.4. The standard InChI is InChI=1S/C27H33Cl4N3O2.C27H31Cl2F4N3O2/c1-18(35)33(4)21-9-12-34(13-10-21)14-11-27(2,20-6-8-23(29)25(31)16-20)26(36)32(3)17-19-5-7-22(28)24(30)15-19;1-17(37)35(3)20-8-11-36(12-9-20)13-10-26(2,19-5-7-22(28)23(29)15-19)25(38)34-16-18-4-6-21(24(30)14-18)27(31,32)33/h5-8,15-16,21H,9-14,17H2,1-4H3;4-7,14-15,20H,8-13,16H2,1-3H3,(H,34,38). The molecule has 4 aromatic carbocycles. The Kier molecular flexibility index (Phi) is 21.8. The second-order valence-corrected chi connectivity index (χ2v) is 22.2. The summed E-state index contributed by atoms with van der Waals surface area (Å²) in [5, 5.41) is 5.21. The molecule has 1 N–H and O–H groups in total. The number of piperidine rings is 2. The molecule has 0 bridgehead atoms. The second-order valence-electron chi connectivity index (χ2n) is 19.7. The van der Waals surface area contributed by atoms with E-state index in [1.165, 1.54) is 0 Å². The molecule has 2 aliphatic rings. The lowest BCUT2D eigenvalue weighted by Crippen LogP contribution is -2.48. The summed E-state index contributed by atoms with van der Waals surface area (Å²) in [6.07, 6.45) is -0.270.